The maximum absolute atomic E-state index is 12.4. The molecule has 2 unspecified atom stereocenters. The second-order valence-electron chi connectivity index (χ2n) is 12.8. The highest BCUT2D eigenvalue weighted by molar-refractivity contribution is 5.83. The highest BCUT2D eigenvalue weighted by Gasteiger charge is 2.34. The lowest BCUT2D eigenvalue weighted by molar-refractivity contribution is -0.179. The Morgan fingerprint density at radius 1 is 0.711 bits per heavy atom. The maximum atomic E-state index is 12.4. The molecule has 5 aromatic carbocycles. The summed E-state index contributed by atoms with van der Waals surface area (Å²) < 4.78 is 18.0. The van der Waals surface area contributed by atoms with Gasteiger partial charge in [0.2, 0.25) is 0 Å². The van der Waals surface area contributed by atoms with Crippen LogP contribution < -0.4 is 0 Å². The van der Waals surface area contributed by atoms with E-state index in [4.69, 9.17) is 19.0 Å². The number of hydrogen-bond donors (Lipinski definition) is 0. The molecule has 0 aliphatic carbocycles. The van der Waals surface area contributed by atoms with Crippen molar-refractivity contribution in [2.45, 2.75) is 64.6 Å². The number of rotatable bonds is 9. The Kier molecular flexibility index (Phi) is 9.45. The Bertz CT molecular complexity index is 1740. The maximum Gasteiger partial charge on any atom is 0.528 e. The normalized spacial score (nSPS) is 17.4. The van der Waals surface area contributed by atoms with Crippen LogP contribution in [0, 0.1) is 0 Å². The number of nitrogens with zero attached hydrogens (tertiary/aromatic N) is 1. The third-order valence-electron chi connectivity index (χ3n) is 8.15. The van der Waals surface area contributed by atoms with Crippen molar-refractivity contribution in [2.24, 2.45) is 0 Å². The van der Waals surface area contributed by atoms with Crippen LogP contribution >= 0.6 is 0 Å². The van der Waals surface area contributed by atoms with Crippen LogP contribution in [0.15, 0.2) is 109 Å². The molecule has 0 bridgehead atoms. The van der Waals surface area contributed by atoms with Gasteiger partial charge in [-0.25, -0.2) is 4.79 Å². The predicted molar refractivity (Wildman–Crippen MR) is 178 cm³/mol. The molecule has 1 heterocycles. The van der Waals surface area contributed by atoms with E-state index in [1.54, 1.807) is 5.06 Å². The molecule has 0 amide bonds. The third kappa shape index (κ3) is 8.28. The number of carbonyl (C=O) groups excluding carboxylic acids is 1. The average molecular weight is 604 g/mol. The number of ether oxygens (including phenoxy) is 3. The van der Waals surface area contributed by atoms with Gasteiger partial charge in [0.25, 0.3) is 0 Å². The van der Waals surface area contributed by atoms with Gasteiger partial charge in [0.15, 0.2) is 0 Å². The van der Waals surface area contributed by atoms with E-state index in [2.05, 4.69) is 97.1 Å². The molecule has 0 spiro atoms. The molecule has 1 saturated heterocycles. The Hall–Kier alpha value is -4.23. The molecule has 1 fully saturated rings. The van der Waals surface area contributed by atoms with Gasteiger partial charge in [0.05, 0.1) is 32.5 Å². The zero-order valence-electron chi connectivity index (χ0n) is 26.3. The van der Waals surface area contributed by atoms with Gasteiger partial charge in [-0.3, -0.25) is 0 Å². The minimum atomic E-state index is -0.692. The van der Waals surface area contributed by atoms with Crippen molar-refractivity contribution in [3.05, 3.63) is 131 Å². The van der Waals surface area contributed by atoms with E-state index in [9.17, 15) is 4.79 Å². The summed E-state index contributed by atoms with van der Waals surface area (Å²) in [7, 11) is 0. The smallest absolute Gasteiger partial charge is 0.427 e. The van der Waals surface area contributed by atoms with Gasteiger partial charge in [-0.05, 0) is 83.1 Å². The van der Waals surface area contributed by atoms with Crippen LogP contribution in [0.3, 0.4) is 0 Å². The lowest BCUT2D eigenvalue weighted by Crippen LogP contribution is -2.45. The first-order valence-corrected chi connectivity index (χ1v) is 15.7. The van der Waals surface area contributed by atoms with Crippen LogP contribution in [0.1, 0.15) is 55.4 Å². The molecule has 6 rings (SSSR count). The van der Waals surface area contributed by atoms with Gasteiger partial charge in [-0.1, -0.05) is 97.1 Å². The molecule has 45 heavy (non-hydrogen) atoms. The van der Waals surface area contributed by atoms with Crippen LogP contribution in [0.25, 0.3) is 21.5 Å². The quantitative estimate of drug-likeness (QED) is 0.157. The Morgan fingerprint density at radius 3 is 1.89 bits per heavy atom. The summed E-state index contributed by atoms with van der Waals surface area (Å²) in [4.78, 5) is 18.0. The minimum absolute atomic E-state index is 0.150. The van der Waals surface area contributed by atoms with E-state index in [0.717, 1.165) is 23.1 Å². The second-order valence-corrected chi connectivity index (χ2v) is 12.8. The highest BCUT2D eigenvalue weighted by Crippen LogP contribution is 2.32. The lowest BCUT2D eigenvalue weighted by atomic mass is 9.87. The van der Waals surface area contributed by atoms with Crippen molar-refractivity contribution in [3.8, 4) is 0 Å². The van der Waals surface area contributed by atoms with E-state index in [0.29, 0.717) is 32.9 Å². The molecular formula is C39H41NO5. The standard InChI is InChI=1S/C39H41NO5/c1-39(2,3)44-38(41)45-40-21-20-36(37(24-40)43-27-30-15-17-32-9-5-7-11-35(32)23-30)33-18-12-28(13-19-33)25-42-26-29-14-16-31-8-4-6-10-34(31)22-29/h4-19,22-23,36-37H,20-21,24-27H2,1-3H3. The van der Waals surface area contributed by atoms with E-state index < -0.39 is 11.8 Å². The van der Waals surface area contributed by atoms with Crippen molar-refractivity contribution in [1.82, 2.24) is 5.06 Å². The van der Waals surface area contributed by atoms with Crippen molar-refractivity contribution < 1.29 is 23.8 Å². The SMILES string of the molecule is CC(C)(C)OC(=O)ON1CCC(c2ccc(COCc3ccc4ccccc4c3)cc2)C(OCc2ccc3ccccc3c2)C1. The number of fused-ring (bicyclic) bond motifs is 2. The Labute approximate surface area is 265 Å². The average Bonchev–Trinajstić information content (AvgIpc) is 3.03. The van der Waals surface area contributed by atoms with Crippen molar-refractivity contribution in [1.29, 1.82) is 0 Å². The molecule has 0 saturated carbocycles. The Morgan fingerprint density at radius 2 is 1.27 bits per heavy atom. The largest absolute Gasteiger partial charge is 0.528 e. The molecule has 232 valence electrons. The lowest BCUT2D eigenvalue weighted by Gasteiger charge is -2.37. The molecule has 6 heteroatoms. The first-order chi connectivity index (χ1) is 21.8. The summed E-state index contributed by atoms with van der Waals surface area (Å²) in [6.07, 6.45) is -0.0897. The molecule has 0 N–H and O–H groups in total. The third-order valence-corrected chi connectivity index (χ3v) is 8.15. The fraction of sp³-hybridized carbons (Fsp3) is 0.308. The molecule has 0 aromatic heterocycles. The summed E-state index contributed by atoms with van der Waals surface area (Å²) in [6, 6.07) is 38.2. The summed E-state index contributed by atoms with van der Waals surface area (Å²) in [5, 5.41) is 6.52. The number of hydroxylamine groups is 2. The molecule has 1 aliphatic rings. The molecule has 0 radical (unpaired) electrons. The monoisotopic (exact) mass is 603 g/mol. The summed E-state index contributed by atoms with van der Waals surface area (Å²) >= 11 is 0. The first kappa shape index (κ1) is 30.8. The highest BCUT2D eigenvalue weighted by atomic mass is 16.8. The second kappa shape index (κ2) is 13.8. The van der Waals surface area contributed by atoms with Crippen LogP contribution in [-0.2, 0) is 38.9 Å². The fourth-order valence-corrected chi connectivity index (χ4v) is 5.90. The first-order valence-electron chi connectivity index (χ1n) is 15.7. The van der Waals surface area contributed by atoms with Crippen LogP contribution in [-0.4, -0.2) is 36.0 Å². The van der Waals surface area contributed by atoms with Gasteiger partial charge in [0, 0.05) is 12.5 Å². The van der Waals surface area contributed by atoms with Gasteiger partial charge >= 0.3 is 6.16 Å². The summed E-state index contributed by atoms with van der Waals surface area (Å²) in [5.74, 6) is 0.150. The number of benzene rings is 5. The number of carbonyl (C=O) groups is 1. The van der Waals surface area contributed by atoms with Gasteiger partial charge in [-0.2, -0.15) is 0 Å². The van der Waals surface area contributed by atoms with Crippen molar-refractivity contribution in [3.63, 3.8) is 0 Å². The number of piperidine rings is 1. The topological polar surface area (TPSA) is 57.2 Å². The van der Waals surface area contributed by atoms with Crippen molar-refractivity contribution >= 4 is 27.7 Å². The van der Waals surface area contributed by atoms with Crippen LogP contribution in [0.2, 0.25) is 0 Å². The van der Waals surface area contributed by atoms with Gasteiger partial charge < -0.3 is 19.0 Å². The fourth-order valence-electron chi connectivity index (χ4n) is 5.90. The predicted octanol–water partition coefficient (Wildman–Crippen LogP) is 8.95. The van der Waals surface area contributed by atoms with E-state index in [1.165, 1.54) is 27.1 Å². The van der Waals surface area contributed by atoms with Crippen LogP contribution in [0.4, 0.5) is 4.79 Å². The van der Waals surface area contributed by atoms with Gasteiger partial charge in [0.1, 0.15) is 5.60 Å². The summed E-state index contributed by atoms with van der Waals surface area (Å²) in [6.45, 7) is 8.10. The van der Waals surface area contributed by atoms with Gasteiger partial charge in [-0.15, -0.1) is 5.06 Å². The zero-order chi connectivity index (χ0) is 31.2. The molecule has 6 nitrogen and oxygen atoms in total. The Balaban J connectivity index is 1.10. The van der Waals surface area contributed by atoms with Crippen molar-refractivity contribution in [2.75, 3.05) is 13.1 Å². The van der Waals surface area contributed by atoms with E-state index in [-0.39, 0.29) is 12.0 Å². The number of hydrogen-bond acceptors (Lipinski definition) is 6. The van der Waals surface area contributed by atoms with Crippen LogP contribution in [0.5, 0.6) is 0 Å². The summed E-state index contributed by atoms with van der Waals surface area (Å²) in [5.41, 5.74) is 3.98. The molecule has 2 atom stereocenters. The van der Waals surface area contributed by atoms with E-state index >= 15 is 0 Å². The minimum Gasteiger partial charge on any atom is -0.427 e. The zero-order valence-corrected chi connectivity index (χ0v) is 26.3. The molecule has 1 aliphatic heterocycles. The molecular weight excluding hydrogens is 562 g/mol. The molecule has 5 aromatic rings. The van der Waals surface area contributed by atoms with E-state index in [1.807, 2.05) is 32.9 Å².